The number of carbonyl (C=O) groups is 1. The molecule has 1 saturated heterocycles. The second kappa shape index (κ2) is 7.89. The van der Waals surface area contributed by atoms with Gasteiger partial charge in [0.05, 0.1) is 11.7 Å². The fourth-order valence-electron chi connectivity index (χ4n) is 3.24. The molecule has 3 N–H and O–H groups in total. The largest absolute Gasteiger partial charge is 0.455 e. The molecule has 1 aliphatic heterocycles. The van der Waals surface area contributed by atoms with Crippen LogP contribution in [0.15, 0.2) is 54.6 Å². The Hall–Kier alpha value is -2.37. The van der Waals surface area contributed by atoms with Crippen molar-refractivity contribution in [1.82, 2.24) is 4.90 Å². The number of likely N-dealkylation sites (tertiary alicyclic amines) is 1. The van der Waals surface area contributed by atoms with Gasteiger partial charge in [-0.1, -0.05) is 37.3 Å². The van der Waals surface area contributed by atoms with Crippen LogP contribution in [0.5, 0.6) is 11.5 Å². The Morgan fingerprint density at radius 1 is 1.23 bits per heavy atom. The van der Waals surface area contributed by atoms with Gasteiger partial charge >= 0.3 is 0 Å². The maximum absolute atomic E-state index is 12.8. The highest BCUT2D eigenvalue weighted by Crippen LogP contribution is 2.31. The van der Waals surface area contributed by atoms with Crippen molar-refractivity contribution in [2.75, 3.05) is 25.0 Å². The molecule has 26 heavy (non-hydrogen) atoms. The molecule has 1 fully saturated rings. The van der Waals surface area contributed by atoms with Gasteiger partial charge in [0.2, 0.25) is 5.91 Å². The summed E-state index contributed by atoms with van der Waals surface area (Å²) < 4.78 is 5.92. The molecule has 1 aliphatic rings. The van der Waals surface area contributed by atoms with Gasteiger partial charge in [-0.15, -0.1) is 0 Å². The summed E-state index contributed by atoms with van der Waals surface area (Å²) in [5, 5.41) is 3.02. The van der Waals surface area contributed by atoms with Crippen LogP contribution in [0.25, 0.3) is 0 Å². The first-order valence-corrected chi connectivity index (χ1v) is 9.08. The minimum Gasteiger partial charge on any atom is -0.455 e. The van der Waals surface area contributed by atoms with Gasteiger partial charge in [-0.2, -0.15) is 0 Å². The molecule has 0 spiro atoms. The van der Waals surface area contributed by atoms with Crippen LogP contribution in [0.4, 0.5) is 5.69 Å². The summed E-state index contributed by atoms with van der Waals surface area (Å²) in [6.45, 7) is 6.51. The van der Waals surface area contributed by atoms with Crippen molar-refractivity contribution < 1.29 is 9.53 Å². The lowest BCUT2D eigenvalue weighted by molar-refractivity contribution is -0.120. The van der Waals surface area contributed by atoms with E-state index in [1.54, 1.807) is 0 Å². The van der Waals surface area contributed by atoms with Gasteiger partial charge in [0, 0.05) is 6.54 Å². The van der Waals surface area contributed by atoms with Gasteiger partial charge in [-0.05, 0) is 56.1 Å². The number of para-hydroxylation sites is 3. The first kappa shape index (κ1) is 18.4. The summed E-state index contributed by atoms with van der Waals surface area (Å²) in [7, 11) is 0. The average Bonchev–Trinajstić information content (AvgIpc) is 3.06. The van der Waals surface area contributed by atoms with E-state index < -0.39 is 0 Å². The summed E-state index contributed by atoms with van der Waals surface area (Å²) in [6.07, 6.45) is 1.02. The Balaban J connectivity index is 1.68. The number of carbonyl (C=O) groups excluding carboxylic acids is 1. The molecule has 1 heterocycles. The molecule has 2 atom stereocenters. The molecule has 5 nitrogen and oxygen atoms in total. The number of hydrogen-bond acceptors (Lipinski definition) is 4. The molecule has 3 rings (SSSR count). The third kappa shape index (κ3) is 4.23. The van der Waals surface area contributed by atoms with E-state index in [-0.39, 0.29) is 17.4 Å². The Labute approximate surface area is 155 Å². The lowest BCUT2D eigenvalue weighted by Crippen LogP contribution is -2.42. The maximum atomic E-state index is 12.8. The van der Waals surface area contributed by atoms with Crippen molar-refractivity contribution in [3.8, 4) is 11.5 Å². The predicted molar refractivity (Wildman–Crippen MR) is 104 cm³/mol. The van der Waals surface area contributed by atoms with Crippen LogP contribution in [0.2, 0.25) is 0 Å². The van der Waals surface area contributed by atoms with E-state index in [9.17, 15) is 4.79 Å². The Kier molecular flexibility index (Phi) is 5.59. The number of nitrogens with zero attached hydrogens (tertiary/aromatic N) is 1. The smallest absolute Gasteiger partial charge is 0.241 e. The van der Waals surface area contributed by atoms with Crippen LogP contribution in [0.1, 0.15) is 20.3 Å². The minimum atomic E-state index is -0.215. The zero-order chi connectivity index (χ0) is 18.6. The Morgan fingerprint density at radius 2 is 1.92 bits per heavy atom. The summed E-state index contributed by atoms with van der Waals surface area (Å²) in [6, 6.07) is 16.8. The second-order valence-electron chi connectivity index (χ2n) is 7.31. The third-order valence-electron chi connectivity index (χ3n) is 5.12. The molecule has 0 saturated carbocycles. The van der Waals surface area contributed by atoms with Crippen LogP contribution in [0, 0.1) is 5.41 Å². The SMILES string of the molecule is CC(C(=O)Nc1ccccc1Oc1ccccc1)N1CCC(C)(CN)C1. The minimum absolute atomic E-state index is 0.0321. The van der Waals surface area contributed by atoms with E-state index in [1.807, 2.05) is 61.5 Å². The van der Waals surface area contributed by atoms with E-state index >= 15 is 0 Å². The quantitative estimate of drug-likeness (QED) is 0.834. The van der Waals surface area contributed by atoms with Gasteiger partial charge in [-0.3, -0.25) is 9.69 Å². The van der Waals surface area contributed by atoms with Crippen LogP contribution < -0.4 is 15.8 Å². The van der Waals surface area contributed by atoms with Crippen molar-refractivity contribution in [3.63, 3.8) is 0 Å². The monoisotopic (exact) mass is 353 g/mol. The van der Waals surface area contributed by atoms with Gasteiger partial charge < -0.3 is 15.8 Å². The van der Waals surface area contributed by atoms with Gasteiger partial charge in [0.15, 0.2) is 5.75 Å². The number of anilines is 1. The number of nitrogens with one attached hydrogen (secondary N) is 1. The predicted octanol–water partition coefficient (Wildman–Crippen LogP) is 3.48. The highest BCUT2D eigenvalue weighted by Gasteiger charge is 2.36. The zero-order valence-corrected chi connectivity index (χ0v) is 15.4. The highest BCUT2D eigenvalue weighted by atomic mass is 16.5. The molecule has 5 heteroatoms. The van der Waals surface area contributed by atoms with Crippen LogP contribution in [0.3, 0.4) is 0 Å². The lowest BCUT2D eigenvalue weighted by Gasteiger charge is -2.26. The first-order chi connectivity index (χ1) is 12.5. The molecule has 2 unspecified atom stereocenters. The number of rotatable bonds is 6. The van der Waals surface area contributed by atoms with Crippen molar-refractivity contribution in [1.29, 1.82) is 0 Å². The Morgan fingerprint density at radius 3 is 2.62 bits per heavy atom. The topological polar surface area (TPSA) is 67.6 Å². The molecule has 0 aliphatic carbocycles. The third-order valence-corrected chi connectivity index (χ3v) is 5.12. The molecule has 0 radical (unpaired) electrons. The fourth-order valence-corrected chi connectivity index (χ4v) is 3.24. The van der Waals surface area contributed by atoms with Crippen LogP contribution >= 0.6 is 0 Å². The van der Waals surface area contributed by atoms with E-state index in [0.29, 0.717) is 18.0 Å². The molecular weight excluding hydrogens is 326 g/mol. The van der Waals surface area contributed by atoms with E-state index in [2.05, 4.69) is 17.1 Å². The molecule has 0 aromatic heterocycles. The van der Waals surface area contributed by atoms with Crippen molar-refractivity contribution in [2.24, 2.45) is 11.1 Å². The molecule has 1 amide bonds. The lowest BCUT2D eigenvalue weighted by atomic mass is 9.90. The molecular formula is C21H27N3O2. The average molecular weight is 353 g/mol. The van der Waals surface area contributed by atoms with Gasteiger partial charge in [-0.25, -0.2) is 0 Å². The summed E-state index contributed by atoms with van der Waals surface area (Å²) in [5.41, 5.74) is 6.65. The Bertz CT molecular complexity index is 750. The number of benzene rings is 2. The van der Waals surface area contributed by atoms with Gasteiger partial charge in [0.1, 0.15) is 5.75 Å². The van der Waals surface area contributed by atoms with E-state index in [1.165, 1.54) is 0 Å². The van der Waals surface area contributed by atoms with Crippen LogP contribution in [-0.4, -0.2) is 36.5 Å². The standard InChI is InChI=1S/C21H27N3O2/c1-16(24-13-12-21(2,14-22)15-24)20(25)23-18-10-6-7-11-19(18)26-17-8-4-3-5-9-17/h3-11,16H,12-15,22H2,1-2H3,(H,23,25). The molecule has 0 bridgehead atoms. The number of hydrogen-bond donors (Lipinski definition) is 2. The normalized spacial score (nSPS) is 21.3. The number of amides is 1. The molecule has 2 aromatic rings. The summed E-state index contributed by atoms with van der Waals surface area (Å²) >= 11 is 0. The second-order valence-corrected chi connectivity index (χ2v) is 7.31. The van der Waals surface area contributed by atoms with Crippen molar-refractivity contribution >= 4 is 11.6 Å². The molecule has 2 aromatic carbocycles. The van der Waals surface area contributed by atoms with Crippen molar-refractivity contribution in [3.05, 3.63) is 54.6 Å². The van der Waals surface area contributed by atoms with E-state index in [0.717, 1.165) is 25.3 Å². The number of ether oxygens (including phenoxy) is 1. The first-order valence-electron chi connectivity index (χ1n) is 9.08. The van der Waals surface area contributed by atoms with Gasteiger partial charge in [0.25, 0.3) is 0 Å². The summed E-state index contributed by atoms with van der Waals surface area (Å²) in [5.74, 6) is 1.34. The van der Waals surface area contributed by atoms with Crippen molar-refractivity contribution in [2.45, 2.75) is 26.3 Å². The molecule has 138 valence electrons. The highest BCUT2D eigenvalue weighted by molar-refractivity contribution is 5.95. The number of nitrogens with two attached hydrogens (primary N) is 1. The zero-order valence-electron chi connectivity index (χ0n) is 15.4. The fraction of sp³-hybridized carbons (Fsp3) is 0.381. The van der Waals surface area contributed by atoms with Crippen LogP contribution in [-0.2, 0) is 4.79 Å². The summed E-state index contributed by atoms with van der Waals surface area (Å²) in [4.78, 5) is 15.0. The van der Waals surface area contributed by atoms with E-state index in [4.69, 9.17) is 10.5 Å². The maximum Gasteiger partial charge on any atom is 0.241 e.